The van der Waals surface area contributed by atoms with E-state index in [0.29, 0.717) is 16.0 Å². The summed E-state index contributed by atoms with van der Waals surface area (Å²) in [6.07, 6.45) is 0.760. The lowest BCUT2D eigenvalue weighted by Gasteiger charge is -2.02. The van der Waals surface area contributed by atoms with Crippen molar-refractivity contribution in [3.8, 4) is 0 Å². The predicted octanol–water partition coefficient (Wildman–Crippen LogP) is 3.67. The van der Waals surface area contributed by atoms with Gasteiger partial charge >= 0.3 is 0 Å². The van der Waals surface area contributed by atoms with Gasteiger partial charge in [0.25, 0.3) is 17.3 Å². The number of fused-ring (bicyclic) bond motifs is 1. The van der Waals surface area contributed by atoms with E-state index in [0.717, 1.165) is 23.3 Å². The molecular weight excluding hydrogens is 372 g/mol. The van der Waals surface area contributed by atoms with Crippen LogP contribution in [0.3, 0.4) is 0 Å². The van der Waals surface area contributed by atoms with E-state index in [1.54, 1.807) is 10.6 Å². The minimum absolute atomic E-state index is 0.0519. The number of nitro benzene ring substituents is 2. The number of rotatable bonds is 5. The summed E-state index contributed by atoms with van der Waals surface area (Å²) >= 11 is 1.13. The highest BCUT2D eigenvalue weighted by Gasteiger charge is 2.19. The fourth-order valence-electron chi connectivity index (χ4n) is 2.66. The fraction of sp³-hybridized carbons (Fsp3) is 0.176. The van der Waals surface area contributed by atoms with Gasteiger partial charge in [-0.3, -0.25) is 25.0 Å². The van der Waals surface area contributed by atoms with Crippen LogP contribution in [0.5, 0.6) is 0 Å². The number of nitro groups is 2. The number of hydrogen-bond donors (Lipinski definition) is 0. The van der Waals surface area contributed by atoms with Crippen molar-refractivity contribution in [3.05, 3.63) is 73.1 Å². The molecule has 1 amide bonds. The Kier molecular flexibility index (Phi) is 5.08. The molecule has 0 saturated heterocycles. The number of para-hydroxylation sites is 1. The largest absolute Gasteiger partial charge is 0.316 e. The van der Waals surface area contributed by atoms with Crippen molar-refractivity contribution >= 4 is 38.8 Å². The Hall–Kier alpha value is -3.40. The van der Waals surface area contributed by atoms with Crippen LogP contribution >= 0.6 is 11.3 Å². The maximum Gasteiger partial charge on any atom is 0.286 e. The van der Waals surface area contributed by atoms with Crippen LogP contribution in [0.1, 0.15) is 23.7 Å². The standard InChI is InChI=1S/C17H14N4O5S/c1-2-9-19-14-8-7-11(20(23)24)10-15(14)27-17(19)18-16(22)12-5-3-4-6-13(12)21(25)26/h3-8,10H,2,9H2,1H3. The van der Waals surface area contributed by atoms with Gasteiger partial charge in [0, 0.05) is 24.7 Å². The van der Waals surface area contributed by atoms with Crippen molar-refractivity contribution in [1.29, 1.82) is 0 Å². The van der Waals surface area contributed by atoms with Gasteiger partial charge in [-0.2, -0.15) is 4.99 Å². The number of aromatic nitrogens is 1. The predicted molar refractivity (Wildman–Crippen MR) is 99.8 cm³/mol. The second kappa shape index (κ2) is 7.46. The number of nitrogens with zero attached hydrogens (tertiary/aromatic N) is 4. The van der Waals surface area contributed by atoms with E-state index in [1.807, 2.05) is 6.92 Å². The molecule has 2 aromatic carbocycles. The second-order valence-corrected chi connectivity index (χ2v) is 6.65. The summed E-state index contributed by atoms with van der Waals surface area (Å²) in [5.74, 6) is -0.729. The van der Waals surface area contributed by atoms with Crippen molar-refractivity contribution in [2.45, 2.75) is 19.9 Å². The number of amides is 1. The number of non-ortho nitro benzene ring substituents is 1. The van der Waals surface area contributed by atoms with Gasteiger partial charge in [-0.05, 0) is 18.6 Å². The number of hydrogen-bond acceptors (Lipinski definition) is 6. The molecule has 1 heterocycles. The smallest absolute Gasteiger partial charge is 0.286 e. The molecule has 3 aromatic rings. The third-order valence-electron chi connectivity index (χ3n) is 3.85. The Morgan fingerprint density at radius 1 is 1.15 bits per heavy atom. The van der Waals surface area contributed by atoms with Gasteiger partial charge < -0.3 is 4.57 Å². The van der Waals surface area contributed by atoms with E-state index in [4.69, 9.17) is 0 Å². The summed E-state index contributed by atoms with van der Waals surface area (Å²) in [6, 6.07) is 10.1. The van der Waals surface area contributed by atoms with Gasteiger partial charge in [-0.15, -0.1) is 0 Å². The van der Waals surface area contributed by atoms with E-state index in [-0.39, 0.29) is 16.9 Å². The first-order valence-electron chi connectivity index (χ1n) is 8.02. The molecule has 9 nitrogen and oxygen atoms in total. The topological polar surface area (TPSA) is 121 Å². The molecule has 1 aromatic heterocycles. The maximum absolute atomic E-state index is 12.6. The third kappa shape index (κ3) is 3.60. The Morgan fingerprint density at radius 3 is 2.56 bits per heavy atom. The molecule has 0 N–H and O–H groups in total. The molecule has 0 aliphatic carbocycles. The lowest BCUT2D eigenvalue weighted by molar-refractivity contribution is -0.385. The van der Waals surface area contributed by atoms with E-state index < -0.39 is 15.8 Å². The summed E-state index contributed by atoms with van der Waals surface area (Å²) in [7, 11) is 0. The summed E-state index contributed by atoms with van der Waals surface area (Å²) in [5.41, 5.74) is 0.254. The van der Waals surface area contributed by atoms with Gasteiger partial charge in [0.1, 0.15) is 5.56 Å². The summed E-state index contributed by atoms with van der Waals surface area (Å²) in [5, 5.41) is 22.1. The van der Waals surface area contributed by atoms with Gasteiger partial charge in [0.15, 0.2) is 4.80 Å². The van der Waals surface area contributed by atoms with E-state index >= 15 is 0 Å². The molecule has 27 heavy (non-hydrogen) atoms. The lowest BCUT2D eigenvalue weighted by Crippen LogP contribution is -2.17. The lowest BCUT2D eigenvalue weighted by atomic mass is 10.2. The van der Waals surface area contributed by atoms with E-state index in [2.05, 4.69) is 4.99 Å². The maximum atomic E-state index is 12.6. The minimum atomic E-state index is -0.729. The monoisotopic (exact) mass is 386 g/mol. The molecule has 0 aliphatic heterocycles. The van der Waals surface area contributed by atoms with Crippen LogP contribution in [0.2, 0.25) is 0 Å². The van der Waals surface area contributed by atoms with Crippen molar-refractivity contribution in [1.82, 2.24) is 4.57 Å². The average molecular weight is 386 g/mol. The molecule has 0 saturated carbocycles. The van der Waals surface area contributed by atoms with E-state index in [9.17, 15) is 25.0 Å². The SMILES string of the molecule is CCCn1c(=NC(=O)c2ccccc2[N+](=O)[O-])sc2cc([N+](=O)[O-])ccc21. The first-order chi connectivity index (χ1) is 12.9. The van der Waals surface area contributed by atoms with Crippen LogP contribution in [0, 0.1) is 20.2 Å². The van der Waals surface area contributed by atoms with Gasteiger partial charge in [-0.1, -0.05) is 30.4 Å². The minimum Gasteiger partial charge on any atom is -0.316 e. The zero-order valence-corrected chi connectivity index (χ0v) is 15.0. The molecule has 0 spiro atoms. The van der Waals surface area contributed by atoms with Crippen LogP contribution < -0.4 is 4.80 Å². The number of thiazole rings is 1. The van der Waals surface area contributed by atoms with Crippen LogP contribution in [-0.2, 0) is 6.54 Å². The Morgan fingerprint density at radius 2 is 1.89 bits per heavy atom. The molecule has 0 fully saturated rings. The highest BCUT2D eigenvalue weighted by atomic mass is 32.1. The van der Waals surface area contributed by atoms with Crippen LogP contribution in [-0.4, -0.2) is 20.3 Å². The zero-order valence-electron chi connectivity index (χ0n) is 14.2. The first kappa shape index (κ1) is 18.4. The van der Waals surface area contributed by atoms with Crippen molar-refractivity contribution < 1.29 is 14.6 Å². The molecule has 10 heteroatoms. The molecule has 0 aliphatic rings. The quantitative estimate of drug-likeness (QED) is 0.489. The number of carbonyl (C=O) groups is 1. The Balaban J connectivity index is 2.18. The van der Waals surface area contributed by atoms with Gasteiger partial charge in [-0.25, -0.2) is 0 Å². The van der Waals surface area contributed by atoms with Crippen molar-refractivity contribution in [2.24, 2.45) is 4.99 Å². The second-order valence-electron chi connectivity index (χ2n) is 5.64. The van der Waals surface area contributed by atoms with Gasteiger partial charge in [0.05, 0.1) is 20.1 Å². The van der Waals surface area contributed by atoms with Crippen LogP contribution in [0.25, 0.3) is 10.2 Å². The molecule has 0 radical (unpaired) electrons. The molecular formula is C17H14N4O5S. The highest BCUT2D eigenvalue weighted by Crippen LogP contribution is 2.24. The van der Waals surface area contributed by atoms with E-state index in [1.165, 1.54) is 36.4 Å². The molecule has 0 atom stereocenters. The normalized spacial score (nSPS) is 11.7. The molecule has 138 valence electrons. The summed E-state index contributed by atoms with van der Waals surface area (Å²) in [6.45, 7) is 2.51. The number of aryl methyl sites for hydroxylation is 1. The number of benzene rings is 2. The Bertz CT molecular complexity index is 1130. The van der Waals surface area contributed by atoms with Gasteiger partial charge in [0.2, 0.25) is 0 Å². The molecule has 3 rings (SSSR count). The third-order valence-corrected chi connectivity index (χ3v) is 4.89. The average Bonchev–Trinajstić information content (AvgIpc) is 2.98. The zero-order chi connectivity index (χ0) is 19.6. The number of carbonyl (C=O) groups excluding carboxylic acids is 1. The van der Waals surface area contributed by atoms with Crippen molar-refractivity contribution in [2.75, 3.05) is 0 Å². The molecule has 0 bridgehead atoms. The summed E-state index contributed by atoms with van der Waals surface area (Å²) in [4.78, 5) is 38.0. The molecule has 0 unspecified atom stereocenters. The van der Waals surface area contributed by atoms with Crippen molar-refractivity contribution in [3.63, 3.8) is 0 Å². The van der Waals surface area contributed by atoms with Crippen LogP contribution in [0.15, 0.2) is 47.5 Å². The Labute approximate surface area is 156 Å². The fourth-order valence-corrected chi connectivity index (χ4v) is 3.75. The first-order valence-corrected chi connectivity index (χ1v) is 8.84. The summed E-state index contributed by atoms with van der Waals surface area (Å²) < 4.78 is 2.41. The highest BCUT2D eigenvalue weighted by molar-refractivity contribution is 7.16. The van der Waals surface area contributed by atoms with Crippen LogP contribution in [0.4, 0.5) is 11.4 Å².